The van der Waals surface area contributed by atoms with Crippen molar-refractivity contribution >= 4 is 22.7 Å². The molecule has 0 aliphatic rings. The molecule has 0 N–H and O–H groups in total. The molecule has 7 heteroatoms. The fourth-order valence-corrected chi connectivity index (χ4v) is 3.19. The van der Waals surface area contributed by atoms with Crippen molar-refractivity contribution in [2.75, 3.05) is 20.3 Å². The van der Waals surface area contributed by atoms with Crippen molar-refractivity contribution in [3.8, 4) is 11.5 Å². The van der Waals surface area contributed by atoms with E-state index in [-0.39, 0.29) is 24.8 Å². The summed E-state index contributed by atoms with van der Waals surface area (Å²) in [6.07, 6.45) is 0.525. The number of benzene rings is 2. The number of hydrogen-bond donors (Lipinski definition) is 0. The molecule has 0 spiro atoms. The Hall–Kier alpha value is -3.61. The van der Waals surface area contributed by atoms with Gasteiger partial charge in [-0.3, -0.25) is 9.59 Å². The number of hydrogen-bond acceptors (Lipinski definition) is 7. The smallest absolute Gasteiger partial charge is 0.336 e. The Balaban J connectivity index is 1.86. The van der Waals surface area contributed by atoms with Gasteiger partial charge in [0.1, 0.15) is 17.1 Å². The minimum atomic E-state index is -0.468. The Labute approximate surface area is 179 Å². The van der Waals surface area contributed by atoms with Gasteiger partial charge in [-0.25, -0.2) is 4.79 Å². The number of Topliss-reactive ketones (excluding diaryl/α,β-unsaturated/α-hetero) is 1. The quantitative estimate of drug-likeness (QED) is 0.292. The molecule has 1 aromatic heterocycles. The van der Waals surface area contributed by atoms with Gasteiger partial charge in [-0.2, -0.15) is 0 Å². The van der Waals surface area contributed by atoms with Crippen LogP contribution in [0.5, 0.6) is 11.5 Å². The van der Waals surface area contributed by atoms with E-state index >= 15 is 0 Å². The van der Waals surface area contributed by atoms with Crippen molar-refractivity contribution in [1.29, 1.82) is 0 Å². The zero-order valence-corrected chi connectivity index (χ0v) is 17.7. The lowest BCUT2D eigenvalue weighted by molar-refractivity contribution is -0.143. The van der Waals surface area contributed by atoms with Crippen LogP contribution in [0, 0.1) is 6.92 Å². The van der Waals surface area contributed by atoms with Crippen LogP contribution < -0.4 is 15.1 Å². The maximum atomic E-state index is 12.5. The monoisotopic (exact) mass is 424 g/mol. The average Bonchev–Trinajstić information content (AvgIpc) is 2.76. The summed E-state index contributed by atoms with van der Waals surface area (Å²) in [7, 11) is 1.55. The van der Waals surface area contributed by atoms with Crippen LogP contribution in [0.1, 0.15) is 34.8 Å². The molecule has 2 aromatic carbocycles. The van der Waals surface area contributed by atoms with E-state index in [0.29, 0.717) is 35.7 Å². The molecule has 0 amide bonds. The van der Waals surface area contributed by atoms with Crippen molar-refractivity contribution in [3.63, 3.8) is 0 Å². The Morgan fingerprint density at radius 2 is 1.81 bits per heavy atom. The summed E-state index contributed by atoms with van der Waals surface area (Å²) >= 11 is 0. The third-order valence-electron chi connectivity index (χ3n) is 4.81. The molecule has 31 heavy (non-hydrogen) atoms. The second-order valence-electron chi connectivity index (χ2n) is 6.95. The normalized spacial score (nSPS) is 10.7. The highest BCUT2D eigenvalue weighted by atomic mass is 16.5. The first-order valence-electron chi connectivity index (χ1n) is 9.94. The lowest BCUT2D eigenvalue weighted by Gasteiger charge is -2.13. The van der Waals surface area contributed by atoms with Gasteiger partial charge in [0, 0.05) is 29.5 Å². The number of aryl methyl sites for hydroxylation is 2. The van der Waals surface area contributed by atoms with Crippen LogP contribution in [0.4, 0.5) is 0 Å². The maximum absolute atomic E-state index is 12.5. The van der Waals surface area contributed by atoms with Crippen LogP contribution in [0.25, 0.3) is 11.0 Å². The number of ether oxygens (including phenoxy) is 3. The van der Waals surface area contributed by atoms with Crippen molar-refractivity contribution in [2.24, 2.45) is 0 Å². The number of carbonyl (C=O) groups excluding carboxylic acids is 2. The molecule has 0 aliphatic carbocycles. The first-order valence-corrected chi connectivity index (χ1v) is 9.94. The van der Waals surface area contributed by atoms with Gasteiger partial charge in [0.15, 0.2) is 12.4 Å². The highest BCUT2D eigenvalue weighted by Gasteiger charge is 2.15. The summed E-state index contributed by atoms with van der Waals surface area (Å²) in [5.41, 5.74) is 1.85. The zero-order chi connectivity index (χ0) is 22.4. The van der Waals surface area contributed by atoms with Crippen LogP contribution >= 0.6 is 0 Å². The number of esters is 1. The minimum absolute atomic E-state index is 0.165. The van der Waals surface area contributed by atoms with E-state index in [1.54, 1.807) is 44.4 Å². The van der Waals surface area contributed by atoms with Crippen LogP contribution in [0.15, 0.2) is 51.7 Å². The molecule has 0 saturated carbocycles. The summed E-state index contributed by atoms with van der Waals surface area (Å²) in [5, 5.41) is 0.743. The molecule has 0 aliphatic heterocycles. The van der Waals surface area contributed by atoms with Gasteiger partial charge >= 0.3 is 11.6 Å². The highest BCUT2D eigenvalue weighted by Crippen LogP contribution is 2.29. The van der Waals surface area contributed by atoms with Crippen molar-refractivity contribution < 1.29 is 28.2 Å². The molecule has 0 unspecified atom stereocenters. The minimum Gasteiger partial charge on any atom is -0.497 e. The molecule has 0 saturated heterocycles. The van der Waals surface area contributed by atoms with E-state index < -0.39 is 5.63 Å². The Bertz CT molecular complexity index is 1140. The number of ketones is 1. The topological polar surface area (TPSA) is 92.0 Å². The molecule has 1 heterocycles. The van der Waals surface area contributed by atoms with Crippen LogP contribution in [0.2, 0.25) is 0 Å². The van der Waals surface area contributed by atoms with Gasteiger partial charge in [-0.15, -0.1) is 0 Å². The van der Waals surface area contributed by atoms with E-state index in [2.05, 4.69) is 0 Å². The lowest BCUT2D eigenvalue weighted by atomic mass is 10.0. The number of methoxy groups -OCH3 is 1. The molecule has 3 rings (SSSR count). The number of fused-ring (bicyclic) bond motifs is 1. The Morgan fingerprint density at radius 1 is 1.06 bits per heavy atom. The van der Waals surface area contributed by atoms with E-state index in [0.717, 1.165) is 16.5 Å². The fraction of sp³-hybridized carbons (Fsp3) is 0.292. The second kappa shape index (κ2) is 9.93. The largest absolute Gasteiger partial charge is 0.497 e. The fourth-order valence-electron chi connectivity index (χ4n) is 3.19. The molecule has 0 radical (unpaired) electrons. The molecule has 0 bridgehead atoms. The summed E-state index contributed by atoms with van der Waals surface area (Å²) < 4.78 is 21.2. The molecular formula is C24H24O7. The molecule has 3 aromatic rings. The predicted molar refractivity (Wildman–Crippen MR) is 115 cm³/mol. The summed E-state index contributed by atoms with van der Waals surface area (Å²) in [4.78, 5) is 36.1. The van der Waals surface area contributed by atoms with Crippen LogP contribution in [-0.2, 0) is 16.0 Å². The third-order valence-corrected chi connectivity index (χ3v) is 4.81. The Kier molecular flexibility index (Phi) is 7.07. The van der Waals surface area contributed by atoms with Gasteiger partial charge in [-0.1, -0.05) is 0 Å². The third kappa shape index (κ3) is 5.51. The number of carbonyl (C=O) groups is 2. The first-order chi connectivity index (χ1) is 14.9. The summed E-state index contributed by atoms with van der Waals surface area (Å²) in [5.74, 6) is 0.495. The van der Waals surface area contributed by atoms with E-state index in [9.17, 15) is 14.4 Å². The van der Waals surface area contributed by atoms with Crippen LogP contribution in [0.3, 0.4) is 0 Å². The summed E-state index contributed by atoms with van der Waals surface area (Å²) in [6, 6.07) is 11.5. The second-order valence-corrected chi connectivity index (χ2v) is 6.95. The standard InChI is InChI=1S/C24H24O7/c1-4-29-23(26)10-7-17-12-19-15(2)11-24(27)31-22(19)13-21(17)30-14-20(25)16-5-8-18(28-3)9-6-16/h5-6,8-9,11-13H,4,7,10,14H2,1-3H3. The summed E-state index contributed by atoms with van der Waals surface area (Å²) in [6.45, 7) is 3.65. The van der Waals surface area contributed by atoms with Crippen LogP contribution in [-0.4, -0.2) is 32.1 Å². The van der Waals surface area contributed by atoms with Crippen molar-refractivity contribution in [3.05, 3.63) is 69.6 Å². The molecule has 0 fully saturated rings. The molecular weight excluding hydrogens is 400 g/mol. The van der Waals surface area contributed by atoms with Gasteiger partial charge in [0.05, 0.1) is 13.7 Å². The van der Waals surface area contributed by atoms with Gasteiger partial charge in [-0.05, 0) is 61.7 Å². The number of rotatable bonds is 9. The van der Waals surface area contributed by atoms with Gasteiger partial charge < -0.3 is 18.6 Å². The molecule has 0 atom stereocenters. The first kappa shape index (κ1) is 22.1. The van der Waals surface area contributed by atoms with Gasteiger partial charge in [0.2, 0.25) is 0 Å². The predicted octanol–water partition coefficient (Wildman–Crippen LogP) is 3.87. The average molecular weight is 424 g/mol. The van der Waals surface area contributed by atoms with Gasteiger partial charge in [0.25, 0.3) is 0 Å². The van der Waals surface area contributed by atoms with Crippen molar-refractivity contribution in [1.82, 2.24) is 0 Å². The molecule has 7 nitrogen and oxygen atoms in total. The van der Waals surface area contributed by atoms with E-state index in [1.807, 2.05) is 13.0 Å². The molecule has 162 valence electrons. The SMILES string of the molecule is CCOC(=O)CCc1cc2c(C)cc(=O)oc2cc1OCC(=O)c1ccc(OC)cc1. The van der Waals surface area contributed by atoms with E-state index in [1.165, 1.54) is 6.07 Å². The maximum Gasteiger partial charge on any atom is 0.336 e. The van der Waals surface area contributed by atoms with E-state index in [4.69, 9.17) is 18.6 Å². The Morgan fingerprint density at radius 3 is 2.48 bits per heavy atom. The highest BCUT2D eigenvalue weighted by molar-refractivity contribution is 5.97. The lowest BCUT2D eigenvalue weighted by Crippen LogP contribution is -2.13. The van der Waals surface area contributed by atoms with Crippen molar-refractivity contribution in [2.45, 2.75) is 26.7 Å². The zero-order valence-electron chi connectivity index (χ0n) is 17.7.